The minimum atomic E-state index is -0.0580. The lowest BCUT2D eigenvalue weighted by atomic mass is 10.3. The first-order valence-electron chi connectivity index (χ1n) is 3.84. The number of hydrogen-bond donors (Lipinski definition) is 1. The first-order chi connectivity index (χ1) is 5.83. The molecule has 1 atom stereocenters. The highest BCUT2D eigenvalue weighted by Gasteiger charge is 2.01. The van der Waals surface area contributed by atoms with Gasteiger partial charge in [0.05, 0.1) is 0 Å². The van der Waals surface area contributed by atoms with Crippen LogP contribution < -0.4 is 4.74 Å². The largest absolute Gasteiger partial charge is 0.470 e. The molecule has 0 aliphatic carbocycles. The average molecular weight is 200 g/mol. The zero-order valence-electron chi connectivity index (χ0n) is 6.93. The monoisotopic (exact) mass is 200 g/mol. The predicted molar refractivity (Wildman–Crippen MR) is 58.0 cm³/mol. The lowest BCUT2D eigenvalue weighted by Gasteiger charge is -2.11. The van der Waals surface area contributed by atoms with E-state index >= 15 is 0 Å². The van der Waals surface area contributed by atoms with E-state index in [0.29, 0.717) is 0 Å². The summed E-state index contributed by atoms with van der Waals surface area (Å²) in [6.07, 6.45) is 0. The van der Waals surface area contributed by atoms with E-state index in [1.54, 1.807) is 11.8 Å². The van der Waals surface area contributed by atoms with Gasteiger partial charge in [-0.15, -0.1) is 24.4 Å². The molecule has 0 aliphatic rings. The van der Waals surface area contributed by atoms with E-state index in [1.165, 1.54) is 0 Å². The maximum atomic E-state index is 5.48. The molecule has 0 saturated heterocycles. The van der Waals surface area contributed by atoms with Gasteiger partial charge in [0, 0.05) is 0 Å². The summed E-state index contributed by atoms with van der Waals surface area (Å²) >= 11 is 5.93. The number of ether oxygens (including phenoxy) is 1. The van der Waals surface area contributed by atoms with Crippen molar-refractivity contribution < 1.29 is 4.74 Å². The van der Waals surface area contributed by atoms with Gasteiger partial charge < -0.3 is 4.74 Å². The molecule has 3 heteroatoms. The molecule has 0 saturated carbocycles. The highest BCUT2D eigenvalue weighted by Crippen LogP contribution is 2.19. The van der Waals surface area contributed by atoms with Crippen molar-refractivity contribution in [2.24, 2.45) is 0 Å². The Morgan fingerprint density at radius 2 is 2.08 bits per heavy atom. The molecule has 0 radical (unpaired) electrons. The first-order valence-corrected chi connectivity index (χ1v) is 5.41. The molecule has 1 aromatic carbocycles. The summed E-state index contributed by atoms with van der Waals surface area (Å²) in [5.41, 5.74) is 0. The number of para-hydroxylation sites is 1. The molecule has 0 heterocycles. The number of hydrogen-bond acceptors (Lipinski definition) is 3. The minimum Gasteiger partial charge on any atom is -0.470 e. The van der Waals surface area contributed by atoms with Gasteiger partial charge in [-0.3, -0.25) is 0 Å². The van der Waals surface area contributed by atoms with Crippen molar-refractivity contribution in [1.82, 2.24) is 0 Å². The van der Waals surface area contributed by atoms with Gasteiger partial charge in [-0.2, -0.15) is 0 Å². The minimum absolute atomic E-state index is 0.0580. The van der Waals surface area contributed by atoms with E-state index in [0.717, 1.165) is 11.5 Å². The Bertz CT molecular complexity index is 213. The lowest BCUT2D eigenvalue weighted by molar-refractivity contribution is 0.367. The van der Waals surface area contributed by atoms with Crippen LogP contribution in [0.25, 0.3) is 0 Å². The standard InChI is InChI=1S/C9H12OS2/c1-2-12-9(11)10-8-6-4-3-5-7-8/h3-7,9,11H,2H2,1H3. The van der Waals surface area contributed by atoms with Crippen molar-refractivity contribution in [2.45, 2.75) is 11.7 Å². The quantitative estimate of drug-likeness (QED) is 0.591. The van der Waals surface area contributed by atoms with Crippen LogP contribution in [0.15, 0.2) is 30.3 Å². The molecule has 1 rings (SSSR count). The summed E-state index contributed by atoms with van der Waals surface area (Å²) in [6, 6.07) is 9.73. The fourth-order valence-electron chi connectivity index (χ4n) is 0.792. The van der Waals surface area contributed by atoms with Gasteiger partial charge in [-0.05, 0) is 17.9 Å². The molecule has 0 bridgehead atoms. The SMILES string of the molecule is CCSC(S)Oc1ccccc1. The van der Waals surface area contributed by atoms with E-state index in [1.807, 2.05) is 30.3 Å². The molecule has 0 spiro atoms. The third-order valence-electron chi connectivity index (χ3n) is 1.29. The average Bonchev–Trinajstić information content (AvgIpc) is 2.06. The van der Waals surface area contributed by atoms with Crippen molar-refractivity contribution in [3.05, 3.63) is 30.3 Å². The third-order valence-corrected chi connectivity index (χ3v) is 2.56. The molecule has 0 amide bonds. The van der Waals surface area contributed by atoms with Crippen LogP contribution in [-0.2, 0) is 0 Å². The van der Waals surface area contributed by atoms with Crippen LogP contribution in [0.1, 0.15) is 6.92 Å². The Morgan fingerprint density at radius 1 is 1.42 bits per heavy atom. The van der Waals surface area contributed by atoms with Gasteiger partial charge in [-0.1, -0.05) is 25.1 Å². The van der Waals surface area contributed by atoms with Crippen molar-refractivity contribution >= 4 is 24.4 Å². The van der Waals surface area contributed by atoms with Gasteiger partial charge >= 0.3 is 0 Å². The van der Waals surface area contributed by atoms with Crippen LogP contribution in [0.2, 0.25) is 0 Å². The second-order valence-electron chi connectivity index (χ2n) is 2.19. The topological polar surface area (TPSA) is 9.23 Å². The molecule has 1 aromatic rings. The third kappa shape index (κ3) is 3.41. The van der Waals surface area contributed by atoms with E-state index in [-0.39, 0.29) is 4.77 Å². The number of benzene rings is 1. The fraction of sp³-hybridized carbons (Fsp3) is 0.333. The van der Waals surface area contributed by atoms with Crippen molar-refractivity contribution in [2.75, 3.05) is 5.75 Å². The van der Waals surface area contributed by atoms with Crippen LogP contribution in [-0.4, -0.2) is 10.5 Å². The van der Waals surface area contributed by atoms with Crippen LogP contribution in [0.3, 0.4) is 0 Å². The second-order valence-corrected chi connectivity index (χ2v) is 4.35. The number of rotatable bonds is 4. The van der Waals surface area contributed by atoms with Crippen molar-refractivity contribution in [3.63, 3.8) is 0 Å². The van der Waals surface area contributed by atoms with Gasteiger partial charge in [0.1, 0.15) is 5.75 Å². The zero-order chi connectivity index (χ0) is 8.81. The Kier molecular flexibility index (Phi) is 4.40. The number of thioether (sulfide) groups is 1. The summed E-state index contributed by atoms with van der Waals surface area (Å²) in [4.78, 5) is 0. The van der Waals surface area contributed by atoms with Crippen LogP contribution >= 0.6 is 24.4 Å². The molecule has 1 unspecified atom stereocenters. The molecular formula is C9H12OS2. The Balaban J connectivity index is 2.41. The van der Waals surface area contributed by atoms with Crippen LogP contribution in [0, 0.1) is 0 Å². The predicted octanol–water partition coefficient (Wildman–Crippen LogP) is 3.03. The highest BCUT2D eigenvalue weighted by atomic mass is 32.2. The summed E-state index contributed by atoms with van der Waals surface area (Å²) < 4.78 is 5.42. The Hall–Kier alpha value is -0.280. The Labute approximate surface area is 82.9 Å². The van der Waals surface area contributed by atoms with E-state index < -0.39 is 0 Å². The molecule has 0 aromatic heterocycles. The van der Waals surface area contributed by atoms with E-state index in [4.69, 9.17) is 4.74 Å². The van der Waals surface area contributed by atoms with Crippen LogP contribution in [0.4, 0.5) is 0 Å². The van der Waals surface area contributed by atoms with Gasteiger partial charge in [0.25, 0.3) is 0 Å². The lowest BCUT2D eigenvalue weighted by Crippen LogP contribution is -2.03. The van der Waals surface area contributed by atoms with E-state index in [2.05, 4.69) is 19.6 Å². The molecule has 12 heavy (non-hydrogen) atoms. The molecule has 0 fully saturated rings. The van der Waals surface area contributed by atoms with Gasteiger partial charge in [0.2, 0.25) is 0 Å². The van der Waals surface area contributed by atoms with Crippen LogP contribution in [0.5, 0.6) is 5.75 Å². The molecule has 66 valence electrons. The maximum Gasteiger partial charge on any atom is 0.188 e. The smallest absolute Gasteiger partial charge is 0.188 e. The maximum absolute atomic E-state index is 5.48. The summed E-state index contributed by atoms with van der Waals surface area (Å²) in [5.74, 6) is 1.89. The normalized spacial score (nSPS) is 12.5. The number of thiol groups is 1. The molecular weight excluding hydrogens is 188 g/mol. The zero-order valence-corrected chi connectivity index (χ0v) is 8.65. The first kappa shape index (κ1) is 9.81. The second kappa shape index (κ2) is 5.38. The van der Waals surface area contributed by atoms with Gasteiger partial charge in [0.15, 0.2) is 4.77 Å². The fourth-order valence-corrected chi connectivity index (χ4v) is 1.83. The highest BCUT2D eigenvalue weighted by molar-refractivity contribution is 8.10. The molecule has 0 N–H and O–H groups in total. The summed E-state index contributed by atoms with van der Waals surface area (Å²) in [7, 11) is 0. The molecule has 0 aliphatic heterocycles. The van der Waals surface area contributed by atoms with E-state index in [9.17, 15) is 0 Å². The summed E-state index contributed by atoms with van der Waals surface area (Å²) in [5, 5.41) is 0. The van der Waals surface area contributed by atoms with Crippen molar-refractivity contribution in [1.29, 1.82) is 0 Å². The van der Waals surface area contributed by atoms with Gasteiger partial charge in [-0.25, -0.2) is 0 Å². The van der Waals surface area contributed by atoms with Crippen molar-refractivity contribution in [3.8, 4) is 5.75 Å². The summed E-state index contributed by atoms with van der Waals surface area (Å²) in [6.45, 7) is 2.09. The Morgan fingerprint density at radius 3 is 2.67 bits per heavy atom. The molecule has 1 nitrogen and oxygen atoms in total.